The number of nitrogens with one attached hydrogen (secondary N) is 2. The monoisotopic (exact) mass is 523 g/mol. The zero-order chi connectivity index (χ0) is 28.2. The second-order valence-corrected chi connectivity index (χ2v) is 11.2. The fraction of sp³-hybridized carbons (Fsp3) is 0.500. The summed E-state index contributed by atoms with van der Waals surface area (Å²) in [7, 11) is 0. The number of hydrogen-bond acceptors (Lipinski definition) is 5. The minimum Gasteiger partial charge on any atom is -0.508 e. The number of phenols is 1. The largest absolute Gasteiger partial charge is 0.508 e. The maximum atomic E-state index is 14.2. The second-order valence-electron chi connectivity index (χ2n) is 11.2. The molecule has 0 radical (unpaired) electrons. The Morgan fingerprint density at radius 2 is 1.74 bits per heavy atom. The van der Waals surface area contributed by atoms with Crippen molar-refractivity contribution in [1.29, 1.82) is 0 Å². The third-order valence-corrected chi connectivity index (χ3v) is 6.81. The van der Waals surface area contributed by atoms with Crippen molar-refractivity contribution in [3.8, 4) is 5.75 Å². The van der Waals surface area contributed by atoms with Crippen molar-refractivity contribution in [2.45, 2.75) is 91.5 Å². The van der Waals surface area contributed by atoms with E-state index in [9.17, 15) is 19.5 Å². The van der Waals surface area contributed by atoms with Crippen LogP contribution < -0.4 is 10.6 Å². The average Bonchev–Trinajstić information content (AvgIpc) is 3.67. The van der Waals surface area contributed by atoms with Gasteiger partial charge in [-0.2, -0.15) is 0 Å². The molecule has 1 aliphatic rings. The van der Waals surface area contributed by atoms with Crippen LogP contribution in [0.2, 0.25) is 0 Å². The van der Waals surface area contributed by atoms with Crippen LogP contribution in [0.25, 0.3) is 0 Å². The summed E-state index contributed by atoms with van der Waals surface area (Å²) in [5.74, 6) is -0.772. The van der Waals surface area contributed by atoms with Gasteiger partial charge in [-0.05, 0) is 88.3 Å². The highest BCUT2D eigenvalue weighted by Crippen LogP contribution is 2.38. The van der Waals surface area contributed by atoms with Crippen LogP contribution in [0.4, 0.5) is 10.5 Å². The molecule has 0 heterocycles. The standard InChI is InChI=1S/C30H41N3O5/c1-8-18(2)25(32-29(37)38-30(5,6)7)28(36)33(22-14-15-22)26(21-13-16-24(34)20(4)17-21)27(35)31-23-12-10-9-11-19(23)3/h9-13,16-18,22,25-26,34H,8,14-15H2,1-7H3,(H,31,35)(H,32,37). The minimum atomic E-state index is -0.958. The van der Waals surface area contributed by atoms with E-state index in [0.717, 1.165) is 18.4 Å². The summed E-state index contributed by atoms with van der Waals surface area (Å²) >= 11 is 0. The predicted molar refractivity (Wildman–Crippen MR) is 148 cm³/mol. The van der Waals surface area contributed by atoms with Gasteiger partial charge in [-0.1, -0.05) is 44.5 Å². The lowest BCUT2D eigenvalue weighted by Gasteiger charge is -2.36. The van der Waals surface area contributed by atoms with Crippen molar-refractivity contribution in [2.24, 2.45) is 5.92 Å². The van der Waals surface area contributed by atoms with Gasteiger partial charge < -0.3 is 25.4 Å². The molecule has 8 heteroatoms. The summed E-state index contributed by atoms with van der Waals surface area (Å²) in [5, 5.41) is 15.9. The number of anilines is 1. The van der Waals surface area contributed by atoms with Crippen LogP contribution in [-0.4, -0.2) is 45.6 Å². The predicted octanol–water partition coefficient (Wildman–Crippen LogP) is 5.62. The average molecular weight is 524 g/mol. The number of nitrogens with zero attached hydrogens (tertiary/aromatic N) is 1. The quantitative estimate of drug-likeness (QED) is 0.395. The third kappa shape index (κ3) is 7.27. The van der Waals surface area contributed by atoms with Crippen LogP contribution in [-0.2, 0) is 14.3 Å². The van der Waals surface area contributed by atoms with E-state index in [-0.39, 0.29) is 29.5 Å². The topological polar surface area (TPSA) is 108 Å². The Kier molecular flexibility index (Phi) is 9.07. The number of hydrogen-bond donors (Lipinski definition) is 3. The Morgan fingerprint density at radius 3 is 2.29 bits per heavy atom. The van der Waals surface area contributed by atoms with Crippen molar-refractivity contribution < 1.29 is 24.2 Å². The number of phenolic OH excluding ortho intramolecular Hbond substituents is 1. The highest BCUT2D eigenvalue weighted by molar-refractivity contribution is 5.99. The SMILES string of the molecule is CCC(C)C(NC(=O)OC(C)(C)C)C(=O)N(C1CC1)C(C(=O)Nc1ccccc1C)c1ccc(O)c(C)c1. The first-order chi connectivity index (χ1) is 17.8. The molecule has 1 aliphatic carbocycles. The molecule has 1 fully saturated rings. The van der Waals surface area contributed by atoms with Crippen LogP contribution in [0.1, 0.15) is 76.6 Å². The van der Waals surface area contributed by atoms with Crippen molar-refractivity contribution in [3.63, 3.8) is 0 Å². The molecule has 38 heavy (non-hydrogen) atoms. The molecule has 3 amide bonds. The Hall–Kier alpha value is -3.55. The van der Waals surface area contributed by atoms with Crippen LogP contribution in [0, 0.1) is 19.8 Å². The van der Waals surface area contributed by atoms with Crippen molar-refractivity contribution in [1.82, 2.24) is 10.2 Å². The van der Waals surface area contributed by atoms with Gasteiger partial charge >= 0.3 is 6.09 Å². The van der Waals surface area contributed by atoms with Gasteiger partial charge in [-0.25, -0.2) is 4.79 Å². The Balaban J connectivity index is 2.04. The molecular formula is C30H41N3O5. The summed E-state index contributed by atoms with van der Waals surface area (Å²) in [4.78, 5) is 42.5. The number of rotatable bonds is 9. The fourth-order valence-electron chi connectivity index (χ4n) is 4.35. The summed E-state index contributed by atoms with van der Waals surface area (Å²) in [5.41, 5.74) is 2.03. The van der Waals surface area contributed by atoms with E-state index >= 15 is 0 Å². The summed E-state index contributed by atoms with van der Waals surface area (Å²) < 4.78 is 5.45. The van der Waals surface area contributed by atoms with Crippen LogP contribution in [0.5, 0.6) is 5.75 Å². The zero-order valence-electron chi connectivity index (χ0n) is 23.5. The van der Waals surface area contributed by atoms with E-state index < -0.39 is 23.8 Å². The van der Waals surface area contributed by atoms with Gasteiger partial charge in [0.1, 0.15) is 23.4 Å². The molecule has 2 aromatic carbocycles. The van der Waals surface area contributed by atoms with Crippen LogP contribution >= 0.6 is 0 Å². The Morgan fingerprint density at radius 1 is 1.08 bits per heavy atom. The summed E-state index contributed by atoms with van der Waals surface area (Å²) in [6.07, 6.45) is 1.49. The third-order valence-electron chi connectivity index (χ3n) is 6.81. The van der Waals surface area contributed by atoms with Crippen molar-refractivity contribution in [3.05, 3.63) is 59.2 Å². The van der Waals surface area contributed by atoms with Gasteiger partial charge in [0.2, 0.25) is 5.91 Å². The minimum absolute atomic E-state index is 0.111. The van der Waals surface area contributed by atoms with Crippen LogP contribution in [0.3, 0.4) is 0 Å². The first kappa shape index (κ1) is 29.0. The number of para-hydroxylation sites is 1. The molecule has 0 aromatic heterocycles. The molecule has 1 saturated carbocycles. The second kappa shape index (κ2) is 11.9. The van der Waals surface area contributed by atoms with Crippen molar-refractivity contribution >= 4 is 23.6 Å². The first-order valence-electron chi connectivity index (χ1n) is 13.3. The number of ether oxygens (including phenoxy) is 1. The Labute approximate surface area is 225 Å². The first-order valence-corrected chi connectivity index (χ1v) is 13.3. The molecule has 0 spiro atoms. The normalized spacial score (nSPS) is 15.7. The number of alkyl carbamates (subject to hydrolysis) is 1. The highest BCUT2D eigenvalue weighted by Gasteiger charge is 2.45. The highest BCUT2D eigenvalue weighted by atomic mass is 16.6. The van der Waals surface area contributed by atoms with E-state index in [1.54, 1.807) is 50.8 Å². The number of benzene rings is 2. The fourth-order valence-corrected chi connectivity index (χ4v) is 4.35. The molecule has 3 rings (SSSR count). The lowest BCUT2D eigenvalue weighted by molar-refractivity contribution is -0.142. The van der Waals surface area contributed by atoms with Gasteiger partial charge in [0.25, 0.3) is 5.91 Å². The lowest BCUT2D eigenvalue weighted by Crippen LogP contribution is -2.55. The van der Waals surface area contributed by atoms with Gasteiger partial charge in [0.15, 0.2) is 0 Å². The van der Waals surface area contributed by atoms with E-state index in [1.807, 2.05) is 45.0 Å². The van der Waals surface area contributed by atoms with Gasteiger partial charge in [0.05, 0.1) is 0 Å². The van der Waals surface area contributed by atoms with Gasteiger partial charge in [-0.15, -0.1) is 0 Å². The van der Waals surface area contributed by atoms with E-state index in [0.29, 0.717) is 23.2 Å². The molecular weight excluding hydrogens is 482 g/mol. The van der Waals surface area contributed by atoms with E-state index in [1.165, 1.54) is 0 Å². The maximum absolute atomic E-state index is 14.2. The van der Waals surface area contributed by atoms with Crippen molar-refractivity contribution in [2.75, 3.05) is 5.32 Å². The number of carbonyl (C=O) groups excluding carboxylic acids is 3. The molecule has 0 saturated heterocycles. The molecule has 3 atom stereocenters. The van der Waals surface area contributed by atoms with Gasteiger partial charge in [-0.3, -0.25) is 9.59 Å². The molecule has 206 valence electrons. The summed E-state index contributed by atoms with van der Waals surface area (Å²) in [6, 6.07) is 10.4. The number of aryl methyl sites for hydroxylation is 2. The zero-order valence-corrected chi connectivity index (χ0v) is 23.5. The van der Waals surface area contributed by atoms with Crippen LogP contribution in [0.15, 0.2) is 42.5 Å². The molecule has 3 N–H and O–H groups in total. The number of amides is 3. The van der Waals surface area contributed by atoms with E-state index in [4.69, 9.17) is 4.74 Å². The smallest absolute Gasteiger partial charge is 0.408 e. The summed E-state index contributed by atoms with van der Waals surface area (Å²) in [6.45, 7) is 12.8. The lowest BCUT2D eigenvalue weighted by atomic mass is 9.95. The molecule has 0 aliphatic heterocycles. The van der Waals surface area contributed by atoms with E-state index in [2.05, 4.69) is 10.6 Å². The number of aromatic hydroxyl groups is 1. The molecule has 8 nitrogen and oxygen atoms in total. The molecule has 2 aromatic rings. The number of carbonyl (C=O) groups is 3. The molecule has 3 unspecified atom stereocenters. The Bertz CT molecular complexity index is 1170. The maximum Gasteiger partial charge on any atom is 0.408 e. The molecule has 0 bridgehead atoms. The van der Waals surface area contributed by atoms with Gasteiger partial charge in [0, 0.05) is 11.7 Å².